The van der Waals surface area contributed by atoms with E-state index in [4.69, 9.17) is 0 Å². The highest BCUT2D eigenvalue weighted by molar-refractivity contribution is 7.13. The molecule has 0 aliphatic carbocycles. The van der Waals surface area contributed by atoms with Crippen molar-refractivity contribution in [3.63, 3.8) is 0 Å². The molecular weight excluding hydrogens is 139 g/mol. The standard InChI is InChI=1S/C6H5FOS/c1-4-6(7)2-5(3-8)9-4/h2-3H,1H3. The molecule has 0 aliphatic rings. The summed E-state index contributed by atoms with van der Waals surface area (Å²) >= 11 is 1.17. The maximum Gasteiger partial charge on any atom is 0.160 e. The van der Waals surface area contributed by atoms with Crippen LogP contribution >= 0.6 is 11.3 Å². The highest BCUT2D eigenvalue weighted by Gasteiger charge is 2.01. The van der Waals surface area contributed by atoms with Gasteiger partial charge in [-0.3, -0.25) is 4.79 Å². The van der Waals surface area contributed by atoms with Crippen LogP contribution in [-0.4, -0.2) is 6.29 Å². The number of carbonyl (C=O) groups is 1. The summed E-state index contributed by atoms with van der Waals surface area (Å²) in [6.07, 6.45) is 0.654. The van der Waals surface area contributed by atoms with Crippen molar-refractivity contribution in [2.75, 3.05) is 0 Å². The monoisotopic (exact) mass is 144 g/mol. The molecular formula is C6H5FOS. The second-order valence-corrected chi connectivity index (χ2v) is 2.96. The zero-order valence-corrected chi connectivity index (χ0v) is 5.67. The van der Waals surface area contributed by atoms with E-state index in [2.05, 4.69) is 0 Å². The average Bonchev–Trinajstić information content (AvgIpc) is 2.13. The van der Waals surface area contributed by atoms with Gasteiger partial charge in [-0.15, -0.1) is 11.3 Å². The Kier molecular flexibility index (Phi) is 1.62. The number of carbonyl (C=O) groups excluding carboxylic acids is 1. The number of hydrogen-bond donors (Lipinski definition) is 0. The highest BCUT2D eigenvalue weighted by Crippen LogP contribution is 2.17. The number of rotatable bonds is 1. The number of thiophene rings is 1. The Balaban J connectivity index is 3.11. The fourth-order valence-corrected chi connectivity index (χ4v) is 1.26. The van der Waals surface area contributed by atoms with E-state index >= 15 is 0 Å². The molecule has 0 unspecified atom stereocenters. The Morgan fingerprint density at radius 1 is 1.78 bits per heavy atom. The minimum Gasteiger partial charge on any atom is -0.297 e. The Bertz CT molecular complexity index is 209. The van der Waals surface area contributed by atoms with Gasteiger partial charge in [0.05, 0.1) is 4.88 Å². The van der Waals surface area contributed by atoms with Gasteiger partial charge in [0.1, 0.15) is 5.82 Å². The fraction of sp³-hybridized carbons (Fsp3) is 0.167. The van der Waals surface area contributed by atoms with Crippen LogP contribution in [0.5, 0.6) is 0 Å². The van der Waals surface area contributed by atoms with Gasteiger partial charge in [0.15, 0.2) is 6.29 Å². The lowest BCUT2D eigenvalue weighted by molar-refractivity contribution is 0.112. The molecule has 1 nitrogen and oxygen atoms in total. The molecule has 0 atom stereocenters. The molecule has 3 heteroatoms. The molecule has 0 saturated heterocycles. The number of hydrogen-bond acceptors (Lipinski definition) is 2. The first-order valence-corrected chi connectivity index (χ1v) is 3.27. The third kappa shape index (κ3) is 1.16. The summed E-state index contributed by atoms with van der Waals surface area (Å²) in [5.41, 5.74) is 0. The van der Waals surface area contributed by atoms with Crippen molar-refractivity contribution in [2.45, 2.75) is 6.92 Å². The van der Waals surface area contributed by atoms with Crippen LogP contribution in [-0.2, 0) is 0 Å². The third-order valence-electron chi connectivity index (χ3n) is 0.992. The van der Waals surface area contributed by atoms with E-state index in [0.29, 0.717) is 16.0 Å². The average molecular weight is 144 g/mol. The van der Waals surface area contributed by atoms with E-state index in [9.17, 15) is 9.18 Å². The van der Waals surface area contributed by atoms with E-state index in [1.165, 1.54) is 17.4 Å². The largest absolute Gasteiger partial charge is 0.297 e. The van der Waals surface area contributed by atoms with Crippen LogP contribution in [0.15, 0.2) is 6.07 Å². The van der Waals surface area contributed by atoms with Gasteiger partial charge < -0.3 is 0 Å². The lowest BCUT2D eigenvalue weighted by Crippen LogP contribution is -1.66. The summed E-state index contributed by atoms with van der Waals surface area (Å²) in [5, 5.41) is 0. The minimum atomic E-state index is -0.290. The number of aryl methyl sites for hydroxylation is 1. The van der Waals surface area contributed by atoms with Crippen LogP contribution in [0, 0.1) is 12.7 Å². The summed E-state index contributed by atoms with van der Waals surface area (Å²) in [5.74, 6) is -0.290. The van der Waals surface area contributed by atoms with Gasteiger partial charge >= 0.3 is 0 Å². The van der Waals surface area contributed by atoms with E-state index in [1.807, 2.05) is 0 Å². The molecule has 0 N–H and O–H groups in total. The fourth-order valence-electron chi connectivity index (χ4n) is 0.540. The van der Waals surface area contributed by atoms with Crippen molar-refractivity contribution in [2.24, 2.45) is 0 Å². The third-order valence-corrected chi connectivity index (χ3v) is 1.94. The zero-order chi connectivity index (χ0) is 6.85. The minimum absolute atomic E-state index is 0.290. The summed E-state index contributed by atoms with van der Waals surface area (Å²) in [7, 11) is 0. The van der Waals surface area contributed by atoms with Crippen LogP contribution in [0.3, 0.4) is 0 Å². The Morgan fingerprint density at radius 3 is 2.67 bits per heavy atom. The normalized spacial score (nSPS) is 9.56. The lowest BCUT2D eigenvalue weighted by atomic mass is 10.4. The van der Waals surface area contributed by atoms with Crippen molar-refractivity contribution in [3.05, 3.63) is 21.6 Å². The van der Waals surface area contributed by atoms with Crippen molar-refractivity contribution in [1.82, 2.24) is 0 Å². The molecule has 0 radical (unpaired) electrons. The Labute approximate surface area is 56.1 Å². The van der Waals surface area contributed by atoms with Crippen LogP contribution in [0.1, 0.15) is 14.5 Å². The summed E-state index contributed by atoms with van der Waals surface area (Å²) < 4.78 is 12.4. The molecule has 0 bridgehead atoms. The topological polar surface area (TPSA) is 17.1 Å². The predicted molar refractivity (Wildman–Crippen MR) is 34.4 cm³/mol. The highest BCUT2D eigenvalue weighted by atomic mass is 32.1. The van der Waals surface area contributed by atoms with Gasteiger partial charge in [0.2, 0.25) is 0 Å². The van der Waals surface area contributed by atoms with Crippen molar-refractivity contribution in [3.8, 4) is 0 Å². The van der Waals surface area contributed by atoms with Crippen LogP contribution in [0.25, 0.3) is 0 Å². The van der Waals surface area contributed by atoms with Gasteiger partial charge in [-0.1, -0.05) is 0 Å². The van der Waals surface area contributed by atoms with Gasteiger partial charge in [-0.2, -0.15) is 0 Å². The van der Waals surface area contributed by atoms with Crippen LogP contribution in [0.2, 0.25) is 0 Å². The van der Waals surface area contributed by atoms with Gasteiger partial charge in [-0.25, -0.2) is 4.39 Å². The van der Waals surface area contributed by atoms with E-state index in [1.54, 1.807) is 6.92 Å². The van der Waals surface area contributed by atoms with Crippen molar-refractivity contribution < 1.29 is 9.18 Å². The second kappa shape index (κ2) is 2.27. The van der Waals surface area contributed by atoms with Crippen LogP contribution in [0.4, 0.5) is 4.39 Å². The molecule has 1 heterocycles. The Morgan fingerprint density at radius 2 is 2.44 bits per heavy atom. The first kappa shape index (κ1) is 6.42. The van der Waals surface area contributed by atoms with Gasteiger partial charge in [0, 0.05) is 4.88 Å². The first-order valence-electron chi connectivity index (χ1n) is 2.45. The maximum absolute atomic E-state index is 12.4. The van der Waals surface area contributed by atoms with E-state index in [-0.39, 0.29) is 5.82 Å². The van der Waals surface area contributed by atoms with Crippen molar-refractivity contribution >= 4 is 17.6 Å². The lowest BCUT2D eigenvalue weighted by Gasteiger charge is -1.75. The Hall–Kier alpha value is -0.700. The molecule has 0 amide bonds. The molecule has 0 fully saturated rings. The molecule has 1 aromatic heterocycles. The predicted octanol–water partition coefficient (Wildman–Crippen LogP) is 2.01. The SMILES string of the molecule is Cc1sc(C=O)cc1F. The van der Waals surface area contributed by atoms with Gasteiger partial charge in [-0.05, 0) is 13.0 Å². The molecule has 0 aliphatic heterocycles. The second-order valence-electron chi connectivity index (χ2n) is 1.67. The summed E-state index contributed by atoms with van der Waals surface area (Å²) in [4.78, 5) is 11.0. The van der Waals surface area contributed by atoms with Crippen molar-refractivity contribution in [1.29, 1.82) is 0 Å². The quantitative estimate of drug-likeness (QED) is 0.551. The van der Waals surface area contributed by atoms with Gasteiger partial charge in [0.25, 0.3) is 0 Å². The molecule has 0 aromatic carbocycles. The number of halogens is 1. The maximum atomic E-state index is 12.4. The zero-order valence-electron chi connectivity index (χ0n) is 4.85. The summed E-state index contributed by atoms with van der Waals surface area (Å²) in [6.45, 7) is 1.65. The molecule has 48 valence electrons. The molecule has 1 rings (SSSR count). The smallest absolute Gasteiger partial charge is 0.160 e. The van der Waals surface area contributed by atoms with E-state index < -0.39 is 0 Å². The first-order chi connectivity index (χ1) is 4.24. The molecule has 0 saturated carbocycles. The molecule has 9 heavy (non-hydrogen) atoms. The molecule has 1 aromatic rings. The number of aldehydes is 1. The summed E-state index contributed by atoms with van der Waals surface area (Å²) in [6, 6.07) is 1.24. The van der Waals surface area contributed by atoms with E-state index in [0.717, 1.165) is 0 Å². The van der Waals surface area contributed by atoms with Crippen LogP contribution < -0.4 is 0 Å². The molecule has 0 spiro atoms.